The van der Waals surface area contributed by atoms with E-state index in [4.69, 9.17) is 25.7 Å². The first-order valence-electron chi connectivity index (χ1n) is 4.94. The second kappa shape index (κ2) is 5.58. The first-order valence-corrected chi connectivity index (χ1v) is 4.94. The third kappa shape index (κ3) is 2.20. The Kier molecular flexibility index (Phi) is 4.39. The van der Waals surface area contributed by atoms with Gasteiger partial charge in [-0.25, -0.2) is 0 Å². The molecule has 0 amide bonds. The highest BCUT2D eigenvalue weighted by molar-refractivity contribution is 5.56. The molecule has 4 N–H and O–H groups in total. The Bertz CT molecular complexity index is 355. The van der Waals surface area contributed by atoms with Crippen molar-refractivity contribution in [1.29, 1.82) is 0 Å². The topological polar surface area (TPSA) is 79.7 Å². The van der Waals surface area contributed by atoms with Crippen molar-refractivity contribution in [1.82, 2.24) is 0 Å². The van der Waals surface area contributed by atoms with Gasteiger partial charge in [0.1, 0.15) is 0 Å². The minimum absolute atomic E-state index is 0.283. The average molecular weight is 226 g/mol. The van der Waals surface area contributed by atoms with Gasteiger partial charge in [-0.05, 0) is 12.1 Å². The highest BCUT2D eigenvalue weighted by atomic mass is 16.5. The quantitative estimate of drug-likeness (QED) is 0.771. The third-order valence-electron chi connectivity index (χ3n) is 2.39. The van der Waals surface area contributed by atoms with Crippen LogP contribution in [0.15, 0.2) is 12.1 Å². The van der Waals surface area contributed by atoms with E-state index < -0.39 is 0 Å². The Morgan fingerprint density at radius 1 is 1.06 bits per heavy atom. The van der Waals surface area contributed by atoms with Gasteiger partial charge in [0.25, 0.3) is 0 Å². The Morgan fingerprint density at radius 2 is 1.69 bits per heavy atom. The van der Waals surface area contributed by atoms with Crippen molar-refractivity contribution in [2.75, 3.05) is 27.9 Å². The number of methoxy groups -OCH3 is 3. The molecule has 0 heterocycles. The van der Waals surface area contributed by atoms with E-state index in [1.165, 1.54) is 0 Å². The Labute approximate surface area is 95.3 Å². The molecule has 0 saturated heterocycles. The standard InChI is InChI=1S/C11H18N2O3/c1-14-9-5-4-7(8(13)6-12)10(15-2)11(9)16-3/h4-5,8H,6,12-13H2,1-3H3. The van der Waals surface area contributed by atoms with Crippen molar-refractivity contribution in [2.45, 2.75) is 6.04 Å². The van der Waals surface area contributed by atoms with E-state index in [2.05, 4.69) is 0 Å². The number of rotatable bonds is 5. The lowest BCUT2D eigenvalue weighted by Crippen LogP contribution is -2.21. The summed E-state index contributed by atoms with van der Waals surface area (Å²) in [6, 6.07) is 3.33. The summed E-state index contributed by atoms with van der Waals surface area (Å²) in [5.41, 5.74) is 12.2. The summed E-state index contributed by atoms with van der Waals surface area (Å²) in [6.07, 6.45) is 0. The molecule has 0 radical (unpaired) electrons. The van der Waals surface area contributed by atoms with Crippen LogP contribution in [0.3, 0.4) is 0 Å². The lowest BCUT2D eigenvalue weighted by atomic mass is 10.1. The Balaban J connectivity index is 3.31. The summed E-state index contributed by atoms with van der Waals surface area (Å²) in [5, 5.41) is 0. The molecule has 1 unspecified atom stereocenters. The van der Waals surface area contributed by atoms with Crippen LogP contribution in [-0.2, 0) is 0 Å². The molecule has 0 saturated carbocycles. The van der Waals surface area contributed by atoms with E-state index in [1.807, 2.05) is 6.07 Å². The van der Waals surface area contributed by atoms with Crippen LogP contribution in [0.1, 0.15) is 11.6 Å². The van der Waals surface area contributed by atoms with Gasteiger partial charge in [-0.3, -0.25) is 0 Å². The lowest BCUT2D eigenvalue weighted by Gasteiger charge is -2.18. The third-order valence-corrected chi connectivity index (χ3v) is 2.39. The van der Waals surface area contributed by atoms with Gasteiger partial charge < -0.3 is 25.7 Å². The molecule has 0 fully saturated rings. The summed E-state index contributed by atoms with van der Waals surface area (Å²) < 4.78 is 15.7. The van der Waals surface area contributed by atoms with Gasteiger partial charge in [-0.2, -0.15) is 0 Å². The maximum absolute atomic E-state index is 5.88. The number of hydrogen-bond acceptors (Lipinski definition) is 5. The highest BCUT2D eigenvalue weighted by Gasteiger charge is 2.18. The number of nitrogens with two attached hydrogens (primary N) is 2. The van der Waals surface area contributed by atoms with Crippen LogP contribution in [0, 0.1) is 0 Å². The zero-order chi connectivity index (χ0) is 12.1. The van der Waals surface area contributed by atoms with E-state index in [0.29, 0.717) is 23.8 Å². The largest absolute Gasteiger partial charge is 0.493 e. The van der Waals surface area contributed by atoms with Gasteiger partial charge in [0, 0.05) is 18.2 Å². The van der Waals surface area contributed by atoms with Crippen molar-refractivity contribution >= 4 is 0 Å². The first kappa shape index (κ1) is 12.6. The van der Waals surface area contributed by atoms with Gasteiger partial charge in [-0.15, -0.1) is 0 Å². The molecule has 5 heteroatoms. The molecule has 0 aliphatic heterocycles. The second-order valence-electron chi connectivity index (χ2n) is 3.27. The predicted molar refractivity (Wildman–Crippen MR) is 62.1 cm³/mol. The van der Waals surface area contributed by atoms with Gasteiger partial charge in [-0.1, -0.05) is 0 Å². The summed E-state index contributed by atoms with van der Waals surface area (Å²) in [7, 11) is 4.68. The molecular formula is C11H18N2O3. The van der Waals surface area contributed by atoms with Crippen LogP contribution >= 0.6 is 0 Å². The Hall–Kier alpha value is -1.46. The van der Waals surface area contributed by atoms with Crippen LogP contribution in [-0.4, -0.2) is 27.9 Å². The van der Waals surface area contributed by atoms with Crippen molar-refractivity contribution in [3.8, 4) is 17.2 Å². The molecule has 16 heavy (non-hydrogen) atoms. The summed E-state index contributed by atoms with van der Waals surface area (Å²) >= 11 is 0. The minimum atomic E-state index is -0.283. The maximum Gasteiger partial charge on any atom is 0.203 e. The fourth-order valence-corrected chi connectivity index (χ4v) is 1.54. The number of ether oxygens (including phenoxy) is 3. The van der Waals surface area contributed by atoms with E-state index in [1.54, 1.807) is 27.4 Å². The van der Waals surface area contributed by atoms with Gasteiger partial charge in [0.05, 0.1) is 21.3 Å². The predicted octanol–water partition coefficient (Wildman–Crippen LogP) is 0.671. The van der Waals surface area contributed by atoms with Crippen molar-refractivity contribution < 1.29 is 14.2 Å². The van der Waals surface area contributed by atoms with Crippen LogP contribution in [0.4, 0.5) is 0 Å². The van der Waals surface area contributed by atoms with Crippen molar-refractivity contribution in [2.24, 2.45) is 11.5 Å². The molecule has 0 aliphatic carbocycles. The number of benzene rings is 1. The Morgan fingerprint density at radius 3 is 2.12 bits per heavy atom. The fraction of sp³-hybridized carbons (Fsp3) is 0.455. The molecule has 0 bridgehead atoms. The SMILES string of the molecule is COc1ccc(C(N)CN)c(OC)c1OC. The summed E-state index contributed by atoms with van der Waals surface area (Å²) in [5.74, 6) is 1.71. The molecule has 1 rings (SSSR count). The van der Waals surface area contributed by atoms with Crippen molar-refractivity contribution in [3.05, 3.63) is 17.7 Å². The van der Waals surface area contributed by atoms with Gasteiger partial charge in [0.15, 0.2) is 11.5 Å². The van der Waals surface area contributed by atoms with E-state index in [9.17, 15) is 0 Å². The number of hydrogen-bond donors (Lipinski definition) is 2. The highest BCUT2D eigenvalue weighted by Crippen LogP contribution is 2.41. The summed E-state index contributed by atoms with van der Waals surface area (Å²) in [6.45, 7) is 0.339. The second-order valence-corrected chi connectivity index (χ2v) is 3.27. The van der Waals surface area contributed by atoms with Crippen LogP contribution in [0.25, 0.3) is 0 Å². The molecule has 0 aromatic heterocycles. The smallest absolute Gasteiger partial charge is 0.203 e. The zero-order valence-electron chi connectivity index (χ0n) is 9.82. The van der Waals surface area contributed by atoms with Crippen molar-refractivity contribution in [3.63, 3.8) is 0 Å². The van der Waals surface area contributed by atoms with Crippen LogP contribution in [0.2, 0.25) is 0 Å². The average Bonchev–Trinajstić information content (AvgIpc) is 2.35. The molecule has 90 valence electrons. The molecule has 5 nitrogen and oxygen atoms in total. The van der Waals surface area contributed by atoms with Crippen LogP contribution < -0.4 is 25.7 Å². The van der Waals surface area contributed by atoms with E-state index in [0.717, 1.165) is 5.56 Å². The monoisotopic (exact) mass is 226 g/mol. The fourth-order valence-electron chi connectivity index (χ4n) is 1.54. The van der Waals surface area contributed by atoms with Gasteiger partial charge >= 0.3 is 0 Å². The molecule has 1 aromatic rings. The van der Waals surface area contributed by atoms with Gasteiger partial charge in [0.2, 0.25) is 5.75 Å². The van der Waals surface area contributed by atoms with E-state index in [-0.39, 0.29) is 6.04 Å². The maximum atomic E-state index is 5.88. The molecule has 0 spiro atoms. The van der Waals surface area contributed by atoms with Crippen LogP contribution in [0.5, 0.6) is 17.2 Å². The molecule has 0 aliphatic rings. The first-order chi connectivity index (χ1) is 7.69. The van der Waals surface area contributed by atoms with E-state index >= 15 is 0 Å². The normalized spacial score (nSPS) is 12.1. The molecule has 1 aromatic carbocycles. The summed E-state index contributed by atoms with van der Waals surface area (Å²) in [4.78, 5) is 0. The molecular weight excluding hydrogens is 208 g/mol. The zero-order valence-corrected chi connectivity index (χ0v) is 9.82. The molecule has 1 atom stereocenters. The minimum Gasteiger partial charge on any atom is -0.493 e. The lowest BCUT2D eigenvalue weighted by molar-refractivity contribution is 0.321.